The van der Waals surface area contributed by atoms with Crippen LogP contribution >= 0.6 is 23.2 Å². The molecule has 0 heterocycles. The van der Waals surface area contributed by atoms with Gasteiger partial charge < -0.3 is 15.2 Å². The highest BCUT2D eigenvalue weighted by atomic mass is 35.5. The van der Waals surface area contributed by atoms with Crippen molar-refractivity contribution in [3.05, 3.63) is 28.2 Å². The predicted molar refractivity (Wildman–Crippen MR) is 75.7 cm³/mol. The average molecular weight is 292 g/mol. The normalized spacial score (nSPS) is 12.4. The average Bonchev–Trinajstić information content (AvgIpc) is 2.34. The van der Waals surface area contributed by atoms with E-state index in [1.165, 1.54) is 0 Å². The Morgan fingerprint density at radius 1 is 1.33 bits per heavy atom. The van der Waals surface area contributed by atoms with Crippen LogP contribution < -0.4 is 10.1 Å². The van der Waals surface area contributed by atoms with Crippen molar-refractivity contribution >= 4 is 23.2 Å². The van der Waals surface area contributed by atoms with Gasteiger partial charge in [0.25, 0.3) is 0 Å². The molecule has 0 saturated carbocycles. The molecule has 5 heteroatoms. The third-order valence-corrected chi connectivity index (χ3v) is 3.02. The molecule has 1 rings (SSSR count). The van der Waals surface area contributed by atoms with Gasteiger partial charge >= 0.3 is 0 Å². The van der Waals surface area contributed by atoms with Crippen molar-refractivity contribution in [2.75, 3.05) is 19.7 Å². The molecule has 0 aliphatic heterocycles. The highest BCUT2D eigenvalue weighted by Crippen LogP contribution is 2.32. The Labute approximate surface area is 118 Å². The highest BCUT2D eigenvalue weighted by Gasteiger charge is 2.09. The lowest BCUT2D eigenvalue weighted by atomic mass is 10.3. The molecule has 1 unspecified atom stereocenters. The molecule has 2 N–H and O–H groups in total. The van der Waals surface area contributed by atoms with Gasteiger partial charge in [0.2, 0.25) is 0 Å². The summed E-state index contributed by atoms with van der Waals surface area (Å²) in [7, 11) is 0. The van der Waals surface area contributed by atoms with E-state index < -0.39 is 6.10 Å². The molecule has 0 fully saturated rings. The number of hydrogen-bond acceptors (Lipinski definition) is 3. The molecule has 0 amide bonds. The van der Waals surface area contributed by atoms with Crippen molar-refractivity contribution in [2.45, 2.75) is 25.9 Å². The van der Waals surface area contributed by atoms with Crippen LogP contribution in [0.3, 0.4) is 0 Å². The Morgan fingerprint density at radius 2 is 2.00 bits per heavy atom. The van der Waals surface area contributed by atoms with E-state index in [1.807, 2.05) is 0 Å². The molecule has 0 radical (unpaired) electrons. The van der Waals surface area contributed by atoms with Crippen molar-refractivity contribution < 1.29 is 9.84 Å². The summed E-state index contributed by atoms with van der Waals surface area (Å²) in [4.78, 5) is 0. The van der Waals surface area contributed by atoms with E-state index in [1.54, 1.807) is 18.2 Å². The van der Waals surface area contributed by atoms with Gasteiger partial charge in [-0.05, 0) is 25.1 Å². The maximum absolute atomic E-state index is 9.72. The summed E-state index contributed by atoms with van der Waals surface area (Å²) < 4.78 is 5.43. The van der Waals surface area contributed by atoms with Gasteiger partial charge in [0.05, 0.1) is 10.0 Å². The van der Waals surface area contributed by atoms with E-state index in [4.69, 9.17) is 27.9 Å². The third kappa shape index (κ3) is 5.44. The summed E-state index contributed by atoms with van der Waals surface area (Å²) in [5, 5.41) is 13.8. The summed E-state index contributed by atoms with van der Waals surface area (Å²) in [6.45, 7) is 3.70. The number of unbranched alkanes of at least 4 members (excludes halogenated alkanes) is 1. The quantitative estimate of drug-likeness (QED) is 0.723. The number of rotatable bonds is 8. The lowest BCUT2D eigenvalue weighted by Crippen LogP contribution is -2.32. The fourth-order valence-corrected chi connectivity index (χ4v) is 1.94. The second-order valence-corrected chi connectivity index (χ2v) is 4.89. The van der Waals surface area contributed by atoms with Gasteiger partial charge in [-0.2, -0.15) is 0 Å². The number of hydrogen-bond donors (Lipinski definition) is 2. The van der Waals surface area contributed by atoms with E-state index in [2.05, 4.69) is 12.2 Å². The minimum atomic E-state index is -0.575. The van der Waals surface area contributed by atoms with Crippen LogP contribution in [0.5, 0.6) is 5.75 Å². The zero-order valence-electron chi connectivity index (χ0n) is 10.5. The van der Waals surface area contributed by atoms with Crippen molar-refractivity contribution in [3.8, 4) is 5.75 Å². The number of aliphatic hydroxyl groups excluding tert-OH is 1. The van der Waals surface area contributed by atoms with Gasteiger partial charge in [-0.1, -0.05) is 42.6 Å². The zero-order chi connectivity index (χ0) is 13.4. The molecule has 3 nitrogen and oxygen atoms in total. The summed E-state index contributed by atoms with van der Waals surface area (Å²) in [6.07, 6.45) is 1.66. The summed E-state index contributed by atoms with van der Waals surface area (Å²) in [6, 6.07) is 5.16. The number of halogens is 2. The van der Waals surface area contributed by atoms with Gasteiger partial charge in [0.15, 0.2) is 5.75 Å². The molecular formula is C13H19Cl2NO2. The molecular weight excluding hydrogens is 273 g/mol. The van der Waals surface area contributed by atoms with E-state index in [-0.39, 0.29) is 6.61 Å². The number of para-hydroxylation sites is 1. The molecule has 0 saturated heterocycles. The monoisotopic (exact) mass is 291 g/mol. The van der Waals surface area contributed by atoms with Gasteiger partial charge in [0.1, 0.15) is 12.7 Å². The zero-order valence-corrected chi connectivity index (χ0v) is 12.0. The Hall–Kier alpha value is -0.480. The van der Waals surface area contributed by atoms with Crippen LogP contribution in [-0.4, -0.2) is 30.9 Å². The minimum absolute atomic E-state index is 0.169. The smallest absolute Gasteiger partial charge is 0.156 e. The molecule has 0 aliphatic carbocycles. The number of ether oxygens (including phenoxy) is 1. The first kappa shape index (κ1) is 15.6. The molecule has 1 aromatic carbocycles. The lowest BCUT2D eigenvalue weighted by molar-refractivity contribution is 0.106. The van der Waals surface area contributed by atoms with Crippen LogP contribution in [0, 0.1) is 0 Å². The second kappa shape index (κ2) is 8.59. The molecule has 0 spiro atoms. The maximum Gasteiger partial charge on any atom is 0.156 e. The van der Waals surface area contributed by atoms with Crippen LogP contribution in [0.25, 0.3) is 0 Å². The van der Waals surface area contributed by atoms with Gasteiger partial charge in [0, 0.05) is 6.54 Å². The number of nitrogens with one attached hydrogen (secondary N) is 1. The minimum Gasteiger partial charge on any atom is -0.488 e. The first-order chi connectivity index (χ1) is 8.65. The molecule has 0 aliphatic rings. The van der Waals surface area contributed by atoms with Gasteiger partial charge in [-0.15, -0.1) is 0 Å². The van der Waals surface area contributed by atoms with Crippen LogP contribution in [0.1, 0.15) is 19.8 Å². The van der Waals surface area contributed by atoms with Crippen molar-refractivity contribution in [1.82, 2.24) is 5.32 Å². The number of benzene rings is 1. The summed E-state index contributed by atoms with van der Waals surface area (Å²) >= 11 is 11.9. The van der Waals surface area contributed by atoms with Gasteiger partial charge in [-0.3, -0.25) is 0 Å². The van der Waals surface area contributed by atoms with Crippen molar-refractivity contribution in [2.24, 2.45) is 0 Å². The molecule has 1 aromatic rings. The first-order valence-corrected chi connectivity index (χ1v) is 6.86. The number of aliphatic hydroxyl groups is 1. The van der Waals surface area contributed by atoms with E-state index in [9.17, 15) is 5.11 Å². The topological polar surface area (TPSA) is 41.5 Å². The lowest BCUT2D eigenvalue weighted by Gasteiger charge is -2.14. The van der Waals surface area contributed by atoms with Crippen LogP contribution in [0.15, 0.2) is 18.2 Å². The molecule has 1 atom stereocenters. The Morgan fingerprint density at radius 3 is 2.61 bits per heavy atom. The molecule has 102 valence electrons. The Bertz CT molecular complexity index is 341. The Kier molecular flexibility index (Phi) is 7.44. The van der Waals surface area contributed by atoms with Crippen molar-refractivity contribution in [1.29, 1.82) is 0 Å². The fourth-order valence-electron chi connectivity index (χ4n) is 1.43. The molecule has 18 heavy (non-hydrogen) atoms. The third-order valence-electron chi connectivity index (χ3n) is 2.43. The van der Waals surface area contributed by atoms with Crippen LogP contribution in [-0.2, 0) is 0 Å². The van der Waals surface area contributed by atoms with Gasteiger partial charge in [-0.25, -0.2) is 0 Å². The van der Waals surface area contributed by atoms with E-state index in [0.717, 1.165) is 19.4 Å². The maximum atomic E-state index is 9.72. The van der Waals surface area contributed by atoms with Crippen LogP contribution in [0.4, 0.5) is 0 Å². The largest absolute Gasteiger partial charge is 0.488 e. The van der Waals surface area contributed by atoms with Crippen LogP contribution in [0.2, 0.25) is 10.0 Å². The highest BCUT2D eigenvalue weighted by molar-refractivity contribution is 6.37. The molecule has 0 bridgehead atoms. The standard InChI is InChI=1S/C13H19Cl2NO2/c1-2-3-7-16-8-10(17)9-18-13-11(14)5-4-6-12(13)15/h4-6,10,16-17H,2-3,7-9H2,1H3. The Balaban J connectivity index is 2.31. The van der Waals surface area contributed by atoms with E-state index in [0.29, 0.717) is 22.3 Å². The van der Waals surface area contributed by atoms with Crippen molar-refractivity contribution in [3.63, 3.8) is 0 Å². The summed E-state index contributed by atoms with van der Waals surface area (Å²) in [5.41, 5.74) is 0. The second-order valence-electron chi connectivity index (χ2n) is 4.07. The summed E-state index contributed by atoms with van der Waals surface area (Å²) in [5.74, 6) is 0.424. The first-order valence-electron chi connectivity index (χ1n) is 6.10. The fraction of sp³-hybridized carbons (Fsp3) is 0.538. The molecule has 0 aromatic heterocycles. The predicted octanol–water partition coefficient (Wildman–Crippen LogP) is 3.12. The van der Waals surface area contributed by atoms with E-state index >= 15 is 0 Å². The SMILES string of the molecule is CCCCNCC(O)COc1c(Cl)cccc1Cl.